The van der Waals surface area contributed by atoms with E-state index in [0.29, 0.717) is 12.0 Å². The molecule has 2 rings (SSSR count). The number of amides is 2. The minimum absolute atomic E-state index is 0.203. The molecule has 1 aromatic heterocycles. The van der Waals surface area contributed by atoms with Gasteiger partial charge in [0, 0.05) is 10.4 Å². The van der Waals surface area contributed by atoms with E-state index in [2.05, 4.69) is 10.9 Å². The lowest BCUT2D eigenvalue weighted by molar-refractivity contribution is -0.155. The number of ether oxygens (including phenoxy) is 1. The summed E-state index contributed by atoms with van der Waals surface area (Å²) in [5.41, 5.74) is 4.94. The maximum absolute atomic E-state index is 11.8. The van der Waals surface area contributed by atoms with Crippen LogP contribution in [-0.4, -0.2) is 23.9 Å². The summed E-state index contributed by atoms with van der Waals surface area (Å²) in [6.07, 6.45) is -0.207. The largest absolute Gasteiger partial charge is 0.452 e. The number of benzene rings is 1. The van der Waals surface area contributed by atoms with E-state index in [9.17, 15) is 14.4 Å². The standard InChI is InChI=1S/C17H18N2O4S/c1-12(23-15(20)10-9-14-8-5-11-24-14)16(21)18-19-17(22)13-6-3-2-4-7-13/h2-8,11-12H,9-10H2,1H3,(H,18,21)(H,19,22)/t12-/m1/s1. The highest BCUT2D eigenvalue weighted by atomic mass is 32.1. The zero-order valence-corrected chi connectivity index (χ0v) is 14.0. The van der Waals surface area contributed by atoms with Gasteiger partial charge in [0.2, 0.25) is 0 Å². The first kappa shape index (κ1) is 17.7. The van der Waals surface area contributed by atoms with E-state index in [0.717, 1.165) is 4.88 Å². The molecule has 6 nitrogen and oxygen atoms in total. The van der Waals surface area contributed by atoms with Crippen molar-refractivity contribution >= 4 is 29.1 Å². The van der Waals surface area contributed by atoms with Crippen LogP contribution in [0.3, 0.4) is 0 Å². The monoisotopic (exact) mass is 346 g/mol. The number of hydrogen-bond donors (Lipinski definition) is 2. The summed E-state index contributed by atoms with van der Waals surface area (Å²) in [4.78, 5) is 36.5. The molecule has 0 fully saturated rings. The molecule has 2 aromatic rings. The highest BCUT2D eigenvalue weighted by molar-refractivity contribution is 7.09. The molecule has 0 aliphatic rings. The Balaban J connectivity index is 1.71. The molecular formula is C17H18N2O4S. The maximum Gasteiger partial charge on any atom is 0.306 e. The third-order valence-electron chi connectivity index (χ3n) is 3.17. The Morgan fingerprint density at radius 1 is 1.08 bits per heavy atom. The van der Waals surface area contributed by atoms with Crippen molar-refractivity contribution in [2.24, 2.45) is 0 Å². The number of nitrogens with one attached hydrogen (secondary N) is 2. The van der Waals surface area contributed by atoms with Crippen molar-refractivity contribution in [2.45, 2.75) is 25.9 Å². The van der Waals surface area contributed by atoms with Gasteiger partial charge < -0.3 is 4.74 Å². The first-order valence-electron chi connectivity index (χ1n) is 7.43. The summed E-state index contributed by atoms with van der Waals surface area (Å²) in [6.45, 7) is 1.45. The van der Waals surface area contributed by atoms with Crippen LogP contribution in [0.15, 0.2) is 47.8 Å². The number of hydrazine groups is 1. The van der Waals surface area contributed by atoms with Gasteiger partial charge in [-0.05, 0) is 36.9 Å². The molecule has 0 aliphatic carbocycles. The summed E-state index contributed by atoms with van der Waals surface area (Å²) in [6, 6.07) is 12.3. The van der Waals surface area contributed by atoms with Crippen molar-refractivity contribution in [3.8, 4) is 0 Å². The lowest BCUT2D eigenvalue weighted by Crippen LogP contribution is -2.46. The van der Waals surface area contributed by atoms with Crippen LogP contribution in [0.1, 0.15) is 28.6 Å². The number of hydrogen-bond acceptors (Lipinski definition) is 5. The molecule has 0 saturated carbocycles. The number of carbonyl (C=O) groups is 3. The summed E-state index contributed by atoms with van der Waals surface area (Å²) in [5, 5.41) is 1.94. The molecular weight excluding hydrogens is 328 g/mol. The van der Waals surface area contributed by atoms with E-state index in [-0.39, 0.29) is 6.42 Å². The zero-order chi connectivity index (χ0) is 17.4. The van der Waals surface area contributed by atoms with E-state index in [1.807, 2.05) is 17.5 Å². The minimum Gasteiger partial charge on any atom is -0.452 e. The SMILES string of the molecule is C[C@@H](OC(=O)CCc1cccs1)C(=O)NNC(=O)c1ccccc1. The fourth-order valence-corrected chi connectivity index (χ4v) is 2.58. The highest BCUT2D eigenvalue weighted by Gasteiger charge is 2.18. The number of thiophene rings is 1. The van der Waals surface area contributed by atoms with Crippen molar-refractivity contribution in [3.63, 3.8) is 0 Å². The van der Waals surface area contributed by atoms with Gasteiger partial charge in [-0.2, -0.15) is 0 Å². The van der Waals surface area contributed by atoms with Crippen LogP contribution < -0.4 is 10.9 Å². The van der Waals surface area contributed by atoms with E-state index in [1.165, 1.54) is 6.92 Å². The Bertz CT molecular complexity index is 686. The van der Waals surface area contributed by atoms with Gasteiger partial charge in [-0.1, -0.05) is 24.3 Å². The van der Waals surface area contributed by atoms with Crippen LogP contribution in [0.5, 0.6) is 0 Å². The summed E-state index contributed by atoms with van der Waals surface area (Å²) in [5.74, 6) is -1.50. The molecule has 0 spiro atoms. The van der Waals surface area contributed by atoms with Crippen molar-refractivity contribution in [3.05, 3.63) is 58.3 Å². The zero-order valence-electron chi connectivity index (χ0n) is 13.2. The molecule has 0 unspecified atom stereocenters. The van der Waals surface area contributed by atoms with Gasteiger partial charge in [-0.25, -0.2) is 0 Å². The first-order valence-corrected chi connectivity index (χ1v) is 8.31. The lowest BCUT2D eigenvalue weighted by atomic mass is 10.2. The Morgan fingerprint density at radius 3 is 2.50 bits per heavy atom. The second-order valence-electron chi connectivity index (χ2n) is 5.02. The van der Waals surface area contributed by atoms with Gasteiger partial charge in [0.1, 0.15) is 0 Å². The molecule has 1 heterocycles. The number of esters is 1. The molecule has 2 amide bonds. The van der Waals surface area contributed by atoms with Crippen molar-refractivity contribution in [1.29, 1.82) is 0 Å². The Morgan fingerprint density at radius 2 is 1.83 bits per heavy atom. The van der Waals surface area contributed by atoms with Crippen molar-refractivity contribution < 1.29 is 19.1 Å². The molecule has 126 valence electrons. The summed E-state index contributed by atoms with van der Waals surface area (Å²) >= 11 is 1.56. The molecule has 1 aromatic carbocycles. The summed E-state index contributed by atoms with van der Waals surface area (Å²) in [7, 11) is 0. The van der Waals surface area contributed by atoms with Gasteiger partial charge in [0.15, 0.2) is 6.10 Å². The van der Waals surface area contributed by atoms with Gasteiger partial charge >= 0.3 is 5.97 Å². The maximum atomic E-state index is 11.8. The van der Waals surface area contributed by atoms with Gasteiger partial charge in [0.05, 0.1) is 6.42 Å². The Hall–Kier alpha value is -2.67. The average molecular weight is 346 g/mol. The van der Waals surface area contributed by atoms with Crippen LogP contribution in [-0.2, 0) is 20.7 Å². The number of carbonyl (C=O) groups excluding carboxylic acids is 3. The molecule has 0 radical (unpaired) electrons. The highest BCUT2D eigenvalue weighted by Crippen LogP contribution is 2.11. The predicted octanol–water partition coefficient (Wildman–Crippen LogP) is 2.07. The van der Waals surface area contributed by atoms with Crippen LogP contribution >= 0.6 is 11.3 Å². The van der Waals surface area contributed by atoms with E-state index in [1.54, 1.807) is 41.7 Å². The quantitative estimate of drug-likeness (QED) is 0.619. The molecule has 2 N–H and O–H groups in total. The fraction of sp³-hybridized carbons (Fsp3) is 0.235. The Kier molecular flexibility index (Phi) is 6.51. The lowest BCUT2D eigenvalue weighted by Gasteiger charge is -2.14. The van der Waals surface area contributed by atoms with Gasteiger partial charge in [-0.3, -0.25) is 25.2 Å². The minimum atomic E-state index is -0.989. The summed E-state index contributed by atoms with van der Waals surface area (Å²) < 4.78 is 5.05. The molecule has 0 bridgehead atoms. The van der Waals surface area contributed by atoms with Gasteiger partial charge in [0.25, 0.3) is 11.8 Å². The van der Waals surface area contributed by atoms with E-state index >= 15 is 0 Å². The molecule has 1 atom stereocenters. The van der Waals surface area contributed by atoms with Crippen LogP contribution in [0.25, 0.3) is 0 Å². The second-order valence-corrected chi connectivity index (χ2v) is 6.05. The first-order chi connectivity index (χ1) is 11.6. The third-order valence-corrected chi connectivity index (χ3v) is 4.10. The van der Waals surface area contributed by atoms with Crippen LogP contribution in [0, 0.1) is 0 Å². The number of rotatable bonds is 6. The predicted molar refractivity (Wildman–Crippen MR) is 90.2 cm³/mol. The molecule has 7 heteroatoms. The normalized spacial score (nSPS) is 11.4. The Labute approximate surface area is 143 Å². The van der Waals surface area contributed by atoms with Gasteiger partial charge in [-0.15, -0.1) is 11.3 Å². The average Bonchev–Trinajstić information content (AvgIpc) is 3.11. The second kappa shape index (κ2) is 8.83. The smallest absolute Gasteiger partial charge is 0.306 e. The van der Waals surface area contributed by atoms with E-state index in [4.69, 9.17) is 4.74 Å². The molecule has 24 heavy (non-hydrogen) atoms. The van der Waals surface area contributed by atoms with Crippen molar-refractivity contribution in [2.75, 3.05) is 0 Å². The van der Waals surface area contributed by atoms with Crippen LogP contribution in [0.2, 0.25) is 0 Å². The topological polar surface area (TPSA) is 84.5 Å². The third kappa shape index (κ3) is 5.51. The fourth-order valence-electron chi connectivity index (χ4n) is 1.87. The molecule has 0 saturated heterocycles. The van der Waals surface area contributed by atoms with Crippen molar-refractivity contribution in [1.82, 2.24) is 10.9 Å². The molecule has 0 aliphatic heterocycles. The van der Waals surface area contributed by atoms with Crippen LogP contribution in [0.4, 0.5) is 0 Å². The number of aryl methyl sites for hydroxylation is 1. The van der Waals surface area contributed by atoms with E-state index < -0.39 is 23.9 Å².